The zero-order chi connectivity index (χ0) is 24.9. The molecule has 0 saturated heterocycles. The normalized spacial score (nSPS) is 12.1. The van der Waals surface area contributed by atoms with Crippen molar-refractivity contribution in [2.45, 2.75) is 32.9 Å². The second kappa shape index (κ2) is 10.9. The number of carbonyl (C=O) groups is 1. The summed E-state index contributed by atoms with van der Waals surface area (Å²) in [5.74, 6) is 0.566. The number of sulfonamides is 1. The van der Waals surface area contributed by atoms with Gasteiger partial charge in [0.15, 0.2) is 0 Å². The van der Waals surface area contributed by atoms with Gasteiger partial charge in [-0.25, -0.2) is 8.42 Å². The van der Waals surface area contributed by atoms with Gasteiger partial charge >= 0.3 is 0 Å². The molecule has 8 heteroatoms. The van der Waals surface area contributed by atoms with Gasteiger partial charge in [-0.1, -0.05) is 48.9 Å². The fourth-order valence-electron chi connectivity index (χ4n) is 3.74. The molecule has 0 heterocycles. The molecule has 0 spiro atoms. The predicted octanol–water partition coefficient (Wildman–Crippen LogP) is 5.50. The fraction of sp³-hybridized carbons (Fsp3) is 0.269. The van der Waals surface area contributed by atoms with Gasteiger partial charge in [0.2, 0.25) is 10.0 Å². The van der Waals surface area contributed by atoms with Crippen molar-refractivity contribution in [2.24, 2.45) is 0 Å². The first kappa shape index (κ1) is 25.6. The van der Waals surface area contributed by atoms with Crippen LogP contribution < -0.4 is 14.4 Å². The van der Waals surface area contributed by atoms with Crippen LogP contribution in [-0.4, -0.2) is 27.7 Å². The number of ether oxygens (including phenoxy) is 1. The number of amides is 1. The van der Waals surface area contributed by atoms with Crippen LogP contribution in [0.15, 0.2) is 66.7 Å². The summed E-state index contributed by atoms with van der Waals surface area (Å²) in [6, 6.07) is 19.3. The van der Waals surface area contributed by atoms with Gasteiger partial charge in [-0.05, 0) is 66.4 Å². The number of carbonyl (C=O) groups excluding carboxylic acids is 1. The quantitative estimate of drug-likeness (QED) is 0.420. The van der Waals surface area contributed by atoms with E-state index in [0.717, 1.165) is 29.6 Å². The Morgan fingerprint density at radius 3 is 2.32 bits per heavy atom. The summed E-state index contributed by atoms with van der Waals surface area (Å²) in [6.45, 7) is 4.07. The maximum absolute atomic E-state index is 12.9. The highest BCUT2D eigenvalue weighted by molar-refractivity contribution is 7.92. The van der Waals surface area contributed by atoms with E-state index >= 15 is 0 Å². The van der Waals surface area contributed by atoms with Crippen LogP contribution in [0.25, 0.3) is 0 Å². The first-order valence-electron chi connectivity index (χ1n) is 10.9. The molecular formula is C26H29ClN2O4S. The first-order chi connectivity index (χ1) is 16.1. The Labute approximate surface area is 206 Å². The molecule has 0 aliphatic carbocycles. The molecule has 0 aliphatic rings. The standard InChI is InChI=1S/C26H29ClN2O4S/c1-5-24(20-12-15-25(33-3)18(2)16-20)28-26(30)19-10-13-22(14-11-19)29(34(4,31)32)17-21-8-6-7-9-23(21)27/h6-16,24H,5,17H2,1-4H3,(H,28,30). The fourth-order valence-corrected chi connectivity index (χ4v) is 4.82. The molecule has 1 N–H and O–H groups in total. The Morgan fingerprint density at radius 1 is 1.09 bits per heavy atom. The summed E-state index contributed by atoms with van der Waals surface area (Å²) in [5.41, 5.74) is 3.58. The highest BCUT2D eigenvalue weighted by Gasteiger charge is 2.20. The SMILES string of the molecule is CCC(NC(=O)c1ccc(N(Cc2ccccc2Cl)S(C)(=O)=O)cc1)c1ccc(OC)c(C)c1. The van der Waals surface area contributed by atoms with E-state index in [2.05, 4.69) is 5.32 Å². The smallest absolute Gasteiger partial charge is 0.251 e. The van der Waals surface area contributed by atoms with Crippen LogP contribution in [0.1, 0.15) is 46.4 Å². The molecule has 6 nitrogen and oxygen atoms in total. The molecule has 3 aromatic carbocycles. The minimum atomic E-state index is -3.57. The zero-order valence-electron chi connectivity index (χ0n) is 19.7. The Hall–Kier alpha value is -3.03. The van der Waals surface area contributed by atoms with Crippen molar-refractivity contribution in [1.29, 1.82) is 0 Å². The number of methoxy groups -OCH3 is 1. The molecule has 34 heavy (non-hydrogen) atoms. The van der Waals surface area contributed by atoms with Gasteiger partial charge in [0, 0.05) is 10.6 Å². The molecule has 3 rings (SSSR count). The lowest BCUT2D eigenvalue weighted by Gasteiger charge is -2.23. The van der Waals surface area contributed by atoms with E-state index in [1.807, 2.05) is 38.1 Å². The number of aryl methyl sites for hydroxylation is 1. The lowest BCUT2D eigenvalue weighted by Crippen LogP contribution is -2.30. The van der Waals surface area contributed by atoms with Crippen molar-refractivity contribution in [1.82, 2.24) is 5.32 Å². The summed E-state index contributed by atoms with van der Waals surface area (Å²) in [7, 11) is -1.94. The largest absolute Gasteiger partial charge is 0.496 e. The van der Waals surface area contributed by atoms with E-state index in [1.54, 1.807) is 49.6 Å². The summed E-state index contributed by atoms with van der Waals surface area (Å²) in [5, 5.41) is 3.55. The molecule has 1 amide bonds. The van der Waals surface area contributed by atoms with Crippen LogP contribution in [0.5, 0.6) is 5.75 Å². The molecule has 0 bridgehead atoms. The van der Waals surface area contributed by atoms with Crippen LogP contribution in [0.4, 0.5) is 5.69 Å². The molecule has 1 unspecified atom stereocenters. The van der Waals surface area contributed by atoms with E-state index < -0.39 is 10.0 Å². The second-order valence-corrected chi connectivity index (χ2v) is 10.4. The highest BCUT2D eigenvalue weighted by Crippen LogP contribution is 2.26. The molecule has 180 valence electrons. The van der Waals surface area contributed by atoms with Crippen LogP contribution in [0, 0.1) is 6.92 Å². The van der Waals surface area contributed by atoms with Crippen LogP contribution in [-0.2, 0) is 16.6 Å². The first-order valence-corrected chi connectivity index (χ1v) is 13.1. The minimum Gasteiger partial charge on any atom is -0.496 e. The topological polar surface area (TPSA) is 75.7 Å². The molecule has 0 aliphatic heterocycles. The van der Waals surface area contributed by atoms with Gasteiger partial charge in [0.1, 0.15) is 5.75 Å². The number of hydrogen-bond donors (Lipinski definition) is 1. The summed E-state index contributed by atoms with van der Waals surface area (Å²) >= 11 is 6.23. The lowest BCUT2D eigenvalue weighted by molar-refractivity contribution is 0.0935. The van der Waals surface area contributed by atoms with Crippen molar-refractivity contribution in [3.63, 3.8) is 0 Å². The van der Waals surface area contributed by atoms with Crippen molar-refractivity contribution in [3.8, 4) is 5.75 Å². The summed E-state index contributed by atoms with van der Waals surface area (Å²) in [6.07, 6.45) is 1.86. The third-order valence-electron chi connectivity index (χ3n) is 5.62. The Bertz CT molecular complexity index is 1260. The number of hydrogen-bond acceptors (Lipinski definition) is 4. The molecule has 0 radical (unpaired) electrons. The third-order valence-corrected chi connectivity index (χ3v) is 7.13. The van der Waals surface area contributed by atoms with Gasteiger partial charge < -0.3 is 10.1 Å². The predicted molar refractivity (Wildman–Crippen MR) is 137 cm³/mol. The zero-order valence-corrected chi connectivity index (χ0v) is 21.3. The summed E-state index contributed by atoms with van der Waals surface area (Å²) in [4.78, 5) is 12.9. The Kier molecular flexibility index (Phi) is 8.23. The lowest BCUT2D eigenvalue weighted by atomic mass is 10.0. The maximum atomic E-state index is 12.9. The molecule has 0 aromatic heterocycles. The number of nitrogens with zero attached hydrogens (tertiary/aromatic N) is 1. The van der Waals surface area contributed by atoms with Gasteiger partial charge in [-0.3, -0.25) is 9.10 Å². The van der Waals surface area contributed by atoms with Crippen molar-refractivity contribution >= 4 is 33.2 Å². The third kappa shape index (κ3) is 6.10. The van der Waals surface area contributed by atoms with Gasteiger partial charge in [-0.15, -0.1) is 0 Å². The van der Waals surface area contributed by atoms with E-state index in [9.17, 15) is 13.2 Å². The van der Waals surface area contributed by atoms with Crippen LogP contribution in [0.3, 0.4) is 0 Å². The average molecular weight is 501 g/mol. The monoisotopic (exact) mass is 500 g/mol. The number of halogens is 1. The van der Waals surface area contributed by atoms with Gasteiger partial charge in [0.05, 0.1) is 31.6 Å². The average Bonchev–Trinajstić information content (AvgIpc) is 2.81. The van der Waals surface area contributed by atoms with Crippen molar-refractivity contribution in [2.75, 3.05) is 17.7 Å². The maximum Gasteiger partial charge on any atom is 0.251 e. The van der Waals surface area contributed by atoms with E-state index in [1.165, 1.54) is 4.31 Å². The minimum absolute atomic E-state index is 0.0960. The van der Waals surface area contributed by atoms with Crippen LogP contribution >= 0.6 is 11.6 Å². The van der Waals surface area contributed by atoms with Crippen molar-refractivity contribution in [3.05, 3.63) is 94.0 Å². The second-order valence-electron chi connectivity index (χ2n) is 8.07. The molecule has 1 atom stereocenters. The summed E-state index contributed by atoms with van der Waals surface area (Å²) < 4.78 is 31.5. The van der Waals surface area contributed by atoms with Gasteiger partial charge in [0.25, 0.3) is 5.91 Å². The van der Waals surface area contributed by atoms with Crippen LogP contribution in [0.2, 0.25) is 5.02 Å². The number of nitrogens with one attached hydrogen (secondary N) is 1. The highest BCUT2D eigenvalue weighted by atomic mass is 35.5. The van der Waals surface area contributed by atoms with Gasteiger partial charge in [-0.2, -0.15) is 0 Å². The number of anilines is 1. The Morgan fingerprint density at radius 2 is 1.76 bits per heavy atom. The Balaban J connectivity index is 1.79. The molecule has 3 aromatic rings. The number of rotatable bonds is 9. The molecule has 0 saturated carbocycles. The molecular weight excluding hydrogens is 472 g/mol. The van der Waals surface area contributed by atoms with E-state index in [4.69, 9.17) is 16.3 Å². The van der Waals surface area contributed by atoms with E-state index in [0.29, 0.717) is 21.8 Å². The van der Waals surface area contributed by atoms with E-state index in [-0.39, 0.29) is 18.5 Å². The van der Waals surface area contributed by atoms with Crippen molar-refractivity contribution < 1.29 is 17.9 Å². The number of benzene rings is 3. The molecule has 0 fully saturated rings.